The number of halogens is 1. The summed E-state index contributed by atoms with van der Waals surface area (Å²) < 4.78 is -0.801. The Balaban J connectivity index is 1.89. The van der Waals surface area contributed by atoms with Crippen molar-refractivity contribution in [2.75, 3.05) is 31.1 Å². The summed E-state index contributed by atoms with van der Waals surface area (Å²) in [6.07, 6.45) is 5.48. The van der Waals surface area contributed by atoms with Gasteiger partial charge in [-0.2, -0.15) is 0 Å². The van der Waals surface area contributed by atoms with E-state index < -0.39 is 28.7 Å². The lowest BCUT2D eigenvalue weighted by Gasteiger charge is -2.42. The number of fused-ring (bicyclic) bond motifs is 1. The van der Waals surface area contributed by atoms with Crippen molar-refractivity contribution in [2.45, 2.75) is 76.0 Å². The van der Waals surface area contributed by atoms with Crippen LogP contribution in [-0.2, 0) is 14.4 Å². The van der Waals surface area contributed by atoms with E-state index in [0.29, 0.717) is 30.2 Å². The van der Waals surface area contributed by atoms with Crippen LogP contribution >= 0.6 is 23.4 Å². The molecule has 3 aliphatic heterocycles. The van der Waals surface area contributed by atoms with Gasteiger partial charge in [0.15, 0.2) is 0 Å². The van der Waals surface area contributed by atoms with Crippen LogP contribution in [0.5, 0.6) is 0 Å². The van der Waals surface area contributed by atoms with Crippen LogP contribution in [0, 0.1) is 30.6 Å². The zero-order chi connectivity index (χ0) is 30.9. The number of likely N-dealkylation sites (tertiary alicyclic amines) is 1. The van der Waals surface area contributed by atoms with Crippen molar-refractivity contribution in [3.63, 3.8) is 0 Å². The summed E-state index contributed by atoms with van der Waals surface area (Å²) in [5.74, 6) is -1.46. The van der Waals surface area contributed by atoms with Gasteiger partial charge in [-0.3, -0.25) is 14.4 Å². The molecule has 9 heteroatoms. The first-order valence-electron chi connectivity index (χ1n) is 15.2. The van der Waals surface area contributed by atoms with Crippen molar-refractivity contribution in [1.29, 1.82) is 0 Å². The van der Waals surface area contributed by atoms with Gasteiger partial charge in [-0.25, -0.2) is 0 Å². The summed E-state index contributed by atoms with van der Waals surface area (Å²) in [6.45, 7) is 18.9. The van der Waals surface area contributed by atoms with E-state index in [-0.39, 0.29) is 48.0 Å². The van der Waals surface area contributed by atoms with Crippen LogP contribution in [0.1, 0.15) is 52.5 Å². The average Bonchev–Trinajstić information content (AvgIpc) is 3.53. The average molecular weight is 616 g/mol. The Kier molecular flexibility index (Phi) is 10.2. The molecule has 1 aromatic carbocycles. The molecule has 3 heterocycles. The minimum atomic E-state index is -0.858. The third kappa shape index (κ3) is 5.32. The van der Waals surface area contributed by atoms with Crippen molar-refractivity contribution >= 4 is 46.8 Å². The predicted molar refractivity (Wildman–Crippen MR) is 172 cm³/mol. The molecule has 1 N–H and O–H groups in total. The second-order valence-corrected chi connectivity index (χ2v) is 14.4. The maximum atomic E-state index is 15.0. The largest absolute Gasteiger partial charge is 0.394 e. The maximum Gasteiger partial charge on any atom is 0.251 e. The summed E-state index contributed by atoms with van der Waals surface area (Å²) in [5.41, 5.74) is 1.44. The summed E-state index contributed by atoms with van der Waals surface area (Å²) in [4.78, 5) is 49.0. The van der Waals surface area contributed by atoms with Gasteiger partial charge in [0, 0.05) is 24.9 Å². The molecule has 42 heavy (non-hydrogen) atoms. The Labute approximate surface area is 260 Å². The predicted octanol–water partition coefficient (Wildman–Crippen LogP) is 5.34. The molecule has 1 spiro atoms. The Bertz CT molecular complexity index is 1200. The van der Waals surface area contributed by atoms with Crippen LogP contribution in [-0.4, -0.2) is 80.9 Å². The van der Waals surface area contributed by atoms with Crippen LogP contribution in [0.15, 0.2) is 43.5 Å². The summed E-state index contributed by atoms with van der Waals surface area (Å²) in [7, 11) is 0. The number of hydrogen-bond acceptors (Lipinski definition) is 5. The van der Waals surface area contributed by atoms with Crippen molar-refractivity contribution in [3.05, 3.63) is 54.1 Å². The zero-order valence-electron chi connectivity index (χ0n) is 25.6. The number of thioether (sulfide) groups is 1. The van der Waals surface area contributed by atoms with Gasteiger partial charge < -0.3 is 19.8 Å². The molecule has 7 nitrogen and oxygen atoms in total. The molecule has 3 saturated heterocycles. The van der Waals surface area contributed by atoms with E-state index in [2.05, 4.69) is 20.1 Å². The number of carbonyl (C=O) groups is 3. The van der Waals surface area contributed by atoms with Crippen LogP contribution in [0.2, 0.25) is 5.02 Å². The molecular weight excluding hydrogens is 570 g/mol. The number of para-hydroxylation sites is 1. The Morgan fingerprint density at radius 2 is 1.93 bits per heavy atom. The molecule has 2 bridgehead atoms. The minimum Gasteiger partial charge on any atom is -0.394 e. The lowest BCUT2D eigenvalue weighted by Crippen LogP contribution is -2.59. The molecule has 3 aliphatic rings. The fourth-order valence-corrected chi connectivity index (χ4v) is 10.4. The topological polar surface area (TPSA) is 81.2 Å². The SMILES string of the molecule is C=CCN(CCC)C(=O)[C@@H]1[C@H]2C(=O)N([C@@H](CO)CC(C)C)C(C(=O)N(CC=C)c3c(C)cccc3Cl)C23S[C@@H]1CC3C. The number of carbonyl (C=O) groups excluding carboxylic acids is 3. The molecule has 0 aromatic heterocycles. The summed E-state index contributed by atoms with van der Waals surface area (Å²) in [6, 6.07) is 4.11. The van der Waals surface area contributed by atoms with Crippen molar-refractivity contribution < 1.29 is 19.5 Å². The monoisotopic (exact) mass is 615 g/mol. The van der Waals surface area contributed by atoms with E-state index in [4.69, 9.17) is 11.6 Å². The van der Waals surface area contributed by atoms with E-state index in [1.807, 2.05) is 39.8 Å². The van der Waals surface area contributed by atoms with Crippen molar-refractivity contribution in [3.8, 4) is 0 Å². The molecule has 1 aromatic rings. The number of benzene rings is 1. The number of amides is 3. The minimum absolute atomic E-state index is 0.0137. The number of anilines is 1. The van der Waals surface area contributed by atoms with Crippen LogP contribution in [0.25, 0.3) is 0 Å². The first-order chi connectivity index (χ1) is 20.0. The zero-order valence-corrected chi connectivity index (χ0v) is 27.2. The molecule has 4 rings (SSSR count). The van der Waals surface area contributed by atoms with E-state index in [0.717, 1.165) is 18.4 Å². The number of aryl methyl sites for hydroxylation is 1. The second kappa shape index (κ2) is 13.1. The smallest absolute Gasteiger partial charge is 0.251 e. The maximum absolute atomic E-state index is 15.0. The first-order valence-corrected chi connectivity index (χ1v) is 16.4. The van der Waals surface area contributed by atoms with Gasteiger partial charge in [0.1, 0.15) is 6.04 Å². The molecule has 7 atom stereocenters. The lowest BCUT2D eigenvalue weighted by molar-refractivity contribution is -0.145. The highest BCUT2D eigenvalue weighted by Gasteiger charge is 2.77. The van der Waals surface area contributed by atoms with E-state index in [9.17, 15) is 14.7 Å². The highest BCUT2D eigenvalue weighted by molar-refractivity contribution is 8.02. The molecule has 3 amide bonds. The number of rotatable bonds is 13. The molecule has 0 radical (unpaired) electrons. The fraction of sp³-hybridized carbons (Fsp3) is 0.606. The number of nitrogens with zero attached hydrogens (tertiary/aromatic N) is 3. The molecule has 0 aliphatic carbocycles. The standard InChI is InChI=1S/C33H46ClN3O4S/c1-8-14-35(15-9-2)30(39)26-25-18-22(7)33(42-25)27(26)31(40)37(23(19-38)17-20(4)5)29(33)32(41)36(16-10-3)28-21(6)12-11-13-24(28)34/h8,10-13,20,22-23,25-27,29,38H,1,3,9,14-19H2,2,4-7H3/t22?,23-,25-,26+,27+,29?,33?/m1/s1. The number of aliphatic hydroxyl groups is 1. The molecule has 230 valence electrons. The van der Waals surface area contributed by atoms with Crippen LogP contribution < -0.4 is 4.90 Å². The molecule has 3 fully saturated rings. The van der Waals surface area contributed by atoms with Gasteiger partial charge in [-0.15, -0.1) is 24.9 Å². The lowest BCUT2D eigenvalue weighted by atomic mass is 9.65. The van der Waals surface area contributed by atoms with Gasteiger partial charge in [0.25, 0.3) is 5.91 Å². The van der Waals surface area contributed by atoms with E-state index in [1.54, 1.807) is 44.7 Å². The summed E-state index contributed by atoms with van der Waals surface area (Å²) in [5, 5.41) is 11.0. The van der Waals surface area contributed by atoms with Gasteiger partial charge in [0.2, 0.25) is 11.8 Å². The quantitative estimate of drug-likeness (QED) is 0.303. The molecular formula is C33H46ClN3O4S. The third-order valence-electron chi connectivity index (χ3n) is 9.24. The van der Waals surface area contributed by atoms with Crippen molar-refractivity contribution in [1.82, 2.24) is 9.80 Å². The highest BCUT2D eigenvalue weighted by atomic mass is 35.5. The fourth-order valence-electron chi connectivity index (χ4n) is 7.70. The van der Waals surface area contributed by atoms with E-state index in [1.165, 1.54) is 0 Å². The highest BCUT2D eigenvalue weighted by Crippen LogP contribution is 2.69. The van der Waals surface area contributed by atoms with Gasteiger partial charge in [-0.05, 0) is 49.7 Å². The third-order valence-corrected chi connectivity index (χ3v) is 11.6. The molecule has 0 saturated carbocycles. The van der Waals surface area contributed by atoms with Gasteiger partial charge >= 0.3 is 0 Å². The van der Waals surface area contributed by atoms with Crippen LogP contribution in [0.4, 0.5) is 5.69 Å². The van der Waals surface area contributed by atoms with Crippen molar-refractivity contribution in [2.24, 2.45) is 23.7 Å². The Morgan fingerprint density at radius 1 is 1.24 bits per heavy atom. The van der Waals surface area contributed by atoms with Gasteiger partial charge in [-0.1, -0.05) is 63.6 Å². The van der Waals surface area contributed by atoms with E-state index >= 15 is 4.79 Å². The Morgan fingerprint density at radius 3 is 2.50 bits per heavy atom. The first kappa shape index (κ1) is 32.6. The number of hydrogen-bond donors (Lipinski definition) is 1. The summed E-state index contributed by atoms with van der Waals surface area (Å²) >= 11 is 8.35. The number of aliphatic hydroxyl groups excluding tert-OH is 1. The van der Waals surface area contributed by atoms with Crippen LogP contribution in [0.3, 0.4) is 0 Å². The Hall–Kier alpha value is -2.29. The second-order valence-electron chi connectivity index (χ2n) is 12.5. The van der Waals surface area contributed by atoms with Gasteiger partial charge in [0.05, 0.1) is 39.9 Å². The molecule has 3 unspecified atom stereocenters. The normalized spacial score (nSPS) is 28.6.